The molecule has 116 valence electrons. The number of aliphatic carboxylic acids is 1. The predicted octanol–water partition coefficient (Wildman–Crippen LogP) is 2.01. The van der Waals surface area contributed by atoms with E-state index in [1.54, 1.807) is 13.8 Å². The van der Waals surface area contributed by atoms with Crippen LogP contribution in [-0.2, 0) is 23.9 Å². The predicted molar refractivity (Wildman–Crippen MR) is 72.0 cm³/mol. The molecule has 0 atom stereocenters. The van der Waals surface area contributed by atoms with Crippen LogP contribution in [0.4, 0.5) is 0 Å². The van der Waals surface area contributed by atoms with Crippen molar-refractivity contribution in [3.63, 3.8) is 0 Å². The molecule has 1 N–H and O–H groups in total. The number of carbonyl (C=O) groups excluding carboxylic acids is 2. The summed E-state index contributed by atoms with van der Waals surface area (Å²) in [6.45, 7) is 8.23. The Morgan fingerprint density at radius 2 is 1.45 bits per heavy atom. The number of ether oxygens (including phenoxy) is 2. The lowest BCUT2D eigenvalue weighted by Gasteiger charge is -2.20. The van der Waals surface area contributed by atoms with Crippen LogP contribution in [0.25, 0.3) is 0 Å². The van der Waals surface area contributed by atoms with Crippen LogP contribution in [0.15, 0.2) is 0 Å². The molecule has 0 spiro atoms. The number of rotatable bonds is 8. The van der Waals surface area contributed by atoms with Gasteiger partial charge < -0.3 is 14.6 Å². The Morgan fingerprint density at radius 3 is 1.90 bits per heavy atom. The first-order chi connectivity index (χ1) is 9.03. The molecule has 0 aromatic rings. The van der Waals surface area contributed by atoms with Gasteiger partial charge in [0.05, 0.1) is 17.3 Å². The largest absolute Gasteiger partial charge is 0.481 e. The van der Waals surface area contributed by atoms with Gasteiger partial charge in [-0.05, 0) is 34.1 Å². The average molecular weight is 288 g/mol. The van der Waals surface area contributed by atoms with Gasteiger partial charge in [0.25, 0.3) is 0 Å². The molecule has 0 bridgehead atoms. The minimum absolute atomic E-state index is 0.0263. The monoisotopic (exact) mass is 288 g/mol. The van der Waals surface area contributed by atoms with Gasteiger partial charge in [0.15, 0.2) is 0 Å². The van der Waals surface area contributed by atoms with Crippen LogP contribution in [0.2, 0.25) is 0 Å². The summed E-state index contributed by atoms with van der Waals surface area (Å²) in [5.74, 6) is -2.03. The molecule has 0 heterocycles. The van der Waals surface area contributed by atoms with Gasteiger partial charge in [-0.3, -0.25) is 14.4 Å². The molecule has 0 aliphatic rings. The Balaban J connectivity index is 4.01. The average Bonchev–Trinajstić information content (AvgIpc) is 2.33. The molecule has 0 aliphatic carbocycles. The van der Waals surface area contributed by atoms with Crippen molar-refractivity contribution in [3.05, 3.63) is 0 Å². The molecule has 0 fully saturated rings. The van der Waals surface area contributed by atoms with Gasteiger partial charge in [0, 0.05) is 0 Å². The smallest absolute Gasteiger partial charge is 0.311 e. The van der Waals surface area contributed by atoms with E-state index in [2.05, 4.69) is 0 Å². The van der Waals surface area contributed by atoms with E-state index < -0.39 is 22.8 Å². The van der Waals surface area contributed by atoms with Crippen LogP contribution in [0.3, 0.4) is 0 Å². The third kappa shape index (κ3) is 6.04. The minimum atomic E-state index is -1.17. The Bertz CT molecular complexity index is 370. The van der Waals surface area contributed by atoms with Crippen molar-refractivity contribution in [2.45, 2.75) is 47.5 Å². The summed E-state index contributed by atoms with van der Waals surface area (Å²) in [5.41, 5.74) is -1.73. The molecule has 0 aromatic carbocycles. The summed E-state index contributed by atoms with van der Waals surface area (Å²) >= 11 is 0. The van der Waals surface area contributed by atoms with E-state index in [0.29, 0.717) is 6.42 Å². The highest BCUT2D eigenvalue weighted by atomic mass is 16.6. The zero-order valence-electron chi connectivity index (χ0n) is 12.8. The quantitative estimate of drug-likeness (QED) is 0.543. The van der Waals surface area contributed by atoms with Crippen LogP contribution in [0, 0.1) is 10.8 Å². The number of carboxylic acids is 1. The minimum Gasteiger partial charge on any atom is -0.481 e. The zero-order chi connectivity index (χ0) is 16.0. The van der Waals surface area contributed by atoms with E-state index in [0.717, 1.165) is 0 Å². The second kappa shape index (κ2) is 7.26. The molecule has 0 saturated carbocycles. The Hall–Kier alpha value is -1.59. The van der Waals surface area contributed by atoms with E-state index in [-0.39, 0.29) is 25.6 Å². The standard InChI is InChI=1S/C14H24O6/c1-6-13(2,3)12(18)20-8-7-19-10(15)9-14(4,5)11(16)17/h6-9H2,1-5H3,(H,16,17). The van der Waals surface area contributed by atoms with E-state index in [1.807, 2.05) is 6.92 Å². The van der Waals surface area contributed by atoms with Gasteiger partial charge in [-0.25, -0.2) is 0 Å². The SMILES string of the molecule is CCC(C)(C)C(=O)OCCOC(=O)CC(C)(C)C(=O)O. The van der Waals surface area contributed by atoms with Crippen molar-refractivity contribution in [2.75, 3.05) is 13.2 Å². The van der Waals surface area contributed by atoms with Gasteiger partial charge in [-0.15, -0.1) is 0 Å². The lowest BCUT2D eigenvalue weighted by atomic mass is 9.90. The first kappa shape index (κ1) is 18.4. The summed E-state index contributed by atoms with van der Waals surface area (Å²) in [6.07, 6.45) is 0.426. The second-order valence-corrected chi connectivity index (χ2v) is 5.96. The Labute approximate surface area is 119 Å². The van der Waals surface area contributed by atoms with E-state index >= 15 is 0 Å². The van der Waals surface area contributed by atoms with Gasteiger partial charge in [0.2, 0.25) is 0 Å². The van der Waals surface area contributed by atoms with E-state index in [1.165, 1.54) is 13.8 Å². The van der Waals surface area contributed by atoms with Crippen LogP contribution < -0.4 is 0 Å². The molecule has 6 nitrogen and oxygen atoms in total. The molecule has 0 aromatic heterocycles. The van der Waals surface area contributed by atoms with Crippen molar-refractivity contribution in [2.24, 2.45) is 10.8 Å². The molecule has 0 amide bonds. The van der Waals surface area contributed by atoms with Crippen molar-refractivity contribution in [1.29, 1.82) is 0 Å². The maximum atomic E-state index is 11.6. The number of hydrogen-bond donors (Lipinski definition) is 1. The zero-order valence-corrected chi connectivity index (χ0v) is 12.8. The fourth-order valence-electron chi connectivity index (χ4n) is 1.12. The fourth-order valence-corrected chi connectivity index (χ4v) is 1.12. The summed E-state index contributed by atoms with van der Waals surface area (Å²) in [6, 6.07) is 0. The first-order valence-corrected chi connectivity index (χ1v) is 6.59. The molecule has 0 rings (SSSR count). The number of hydrogen-bond acceptors (Lipinski definition) is 5. The van der Waals surface area contributed by atoms with Gasteiger partial charge in [-0.2, -0.15) is 0 Å². The van der Waals surface area contributed by atoms with Crippen LogP contribution >= 0.6 is 0 Å². The number of carbonyl (C=O) groups is 3. The summed E-state index contributed by atoms with van der Waals surface area (Å²) in [4.78, 5) is 33.9. The highest BCUT2D eigenvalue weighted by Crippen LogP contribution is 2.22. The molecule has 0 aliphatic heterocycles. The van der Waals surface area contributed by atoms with Crippen molar-refractivity contribution in [1.82, 2.24) is 0 Å². The van der Waals surface area contributed by atoms with Crippen LogP contribution in [0.1, 0.15) is 47.5 Å². The number of esters is 2. The third-order valence-corrected chi connectivity index (χ3v) is 3.18. The highest BCUT2D eigenvalue weighted by Gasteiger charge is 2.31. The molecular formula is C14H24O6. The highest BCUT2D eigenvalue weighted by molar-refractivity contribution is 5.81. The van der Waals surface area contributed by atoms with Crippen LogP contribution in [-0.4, -0.2) is 36.2 Å². The maximum Gasteiger partial charge on any atom is 0.311 e. The van der Waals surface area contributed by atoms with Crippen LogP contribution in [0.5, 0.6) is 0 Å². The second-order valence-electron chi connectivity index (χ2n) is 5.96. The molecule has 0 radical (unpaired) electrons. The van der Waals surface area contributed by atoms with E-state index in [4.69, 9.17) is 14.6 Å². The Morgan fingerprint density at radius 1 is 0.950 bits per heavy atom. The lowest BCUT2D eigenvalue weighted by Crippen LogP contribution is -2.29. The molecule has 0 unspecified atom stereocenters. The molecular weight excluding hydrogens is 264 g/mol. The van der Waals surface area contributed by atoms with E-state index in [9.17, 15) is 14.4 Å². The van der Waals surface area contributed by atoms with Crippen molar-refractivity contribution < 1.29 is 29.0 Å². The van der Waals surface area contributed by atoms with Crippen molar-refractivity contribution >= 4 is 17.9 Å². The van der Waals surface area contributed by atoms with Gasteiger partial charge >= 0.3 is 17.9 Å². The maximum absolute atomic E-state index is 11.6. The van der Waals surface area contributed by atoms with Gasteiger partial charge in [0.1, 0.15) is 13.2 Å². The topological polar surface area (TPSA) is 89.9 Å². The van der Waals surface area contributed by atoms with Crippen molar-refractivity contribution in [3.8, 4) is 0 Å². The molecule has 20 heavy (non-hydrogen) atoms. The van der Waals surface area contributed by atoms with Gasteiger partial charge in [-0.1, -0.05) is 6.92 Å². The summed E-state index contributed by atoms with van der Waals surface area (Å²) < 4.78 is 9.84. The first-order valence-electron chi connectivity index (χ1n) is 6.59. The summed E-state index contributed by atoms with van der Waals surface area (Å²) in [5, 5.41) is 8.87. The Kier molecular flexibility index (Phi) is 6.68. The molecule has 0 saturated heterocycles. The third-order valence-electron chi connectivity index (χ3n) is 3.18. The molecule has 6 heteroatoms. The fraction of sp³-hybridized carbons (Fsp3) is 0.786. The lowest BCUT2D eigenvalue weighted by molar-refractivity contribution is -0.161. The number of carboxylic acid groups (broad SMARTS) is 1. The normalized spacial score (nSPS) is 11.8. The summed E-state index contributed by atoms with van der Waals surface area (Å²) in [7, 11) is 0.